The Morgan fingerprint density at radius 3 is 2.16 bits per heavy atom. The molecule has 5 heteroatoms. The van der Waals surface area contributed by atoms with Crippen LogP contribution in [0.15, 0.2) is 47.4 Å². The van der Waals surface area contributed by atoms with Crippen LogP contribution in [-0.2, 0) is 16.4 Å². The number of hydrogen-bond acceptors (Lipinski definition) is 3. The van der Waals surface area contributed by atoms with E-state index in [1.54, 1.807) is 20.8 Å². The first kappa shape index (κ1) is 19.6. The van der Waals surface area contributed by atoms with Gasteiger partial charge in [0.05, 0.1) is 10.5 Å². The molecule has 2 aromatic rings. The first-order valence-electron chi connectivity index (χ1n) is 8.44. The topological polar surface area (TPSA) is 66.4 Å². The summed E-state index contributed by atoms with van der Waals surface area (Å²) in [6.07, 6.45) is 1.17. The molecule has 0 bridgehead atoms. The van der Waals surface area contributed by atoms with Gasteiger partial charge in [-0.1, -0.05) is 48.0 Å². The van der Waals surface area contributed by atoms with Crippen molar-refractivity contribution in [1.82, 2.24) is 4.72 Å². The molecule has 0 aliphatic rings. The van der Waals surface area contributed by atoms with E-state index in [1.807, 2.05) is 49.4 Å². The zero-order chi connectivity index (χ0) is 18.7. The summed E-state index contributed by atoms with van der Waals surface area (Å²) < 4.78 is 27.9. The largest absolute Gasteiger partial charge is 0.389 e. The first-order valence-corrected chi connectivity index (χ1v) is 9.93. The first-order chi connectivity index (χ1) is 11.6. The number of aliphatic hydroxyl groups is 1. The van der Waals surface area contributed by atoms with Gasteiger partial charge in [-0.05, 0) is 57.2 Å². The predicted molar refractivity (Wildman–Crippen MR) is 101 cm³/mol. The van der Waals surface area contributed by atoms with Gasteiger partial charge in [0.1, 0.15) is 0 Å². The number of nitrogens with one attached hydrogen (secondary N) is 1. The van der Waals surface area contributed by atoms with Crippen LogP contribution in [0, 0.1) is 20.8 Å². The summed E-state index contributed by atoms with van der Waals surface area (Å²) in [6.45, 7) is 7.17. The summed E-state index contributed by atoms with van der Waals surface area (Å²) in [6, 6.07) is 13.6. The smallest absolute Gasteiger partial charge is 0.241 e. The van der Waals surface area contributed by atoms with E-state index in [0.717, 1.165) is 11.1 Å². The molecule has 1 atom stereocenters. The molecule has 1 unspecified atom stereocenters. The maximum absolute atomic E-state index is 12.7. The van der Waals surface area contributed by atoms with Crippen LogP contribution in [0.2, 0.25) is 0 Å². The zero-order valence-corrected chi connectivity index (χ0v) is 16.2. The van der Waals surface area contributed by atoms with Crippen molar-refractivity contribution >= 4 is 10.0 Å². The molecule has 0 aliphatic carbocycles. The maximum Gasteiger partial charge on any atom is 0.241 e. The van der Waals surface area contributed by atoms with Crippen LogP contribution in [0.25, 0.3) is 0 Å². The fourth-order valence-corrected chi connectivity index (χ4v) is 4.67. The number of hydrogen-bond donors (Lipinski definition) is 2. The van der Waals surface area contributed by atoms with Gasteiger partial charge < -0.3 is 5.11 Å². The molecule has 0 spiro atoms. The standard InChI is InChI=1S/C20H27NO3S/c1-15-12-16(2)19(17(3)13-15)25(23,24)21-14-20(4,22)11-10-18-8-6-5-7-9-18/h5-9,12-13,21-22H,10-11,14H2,1-4H3. The monoisotopic (exact) mass is 361 g/mol. The Labute approximate surface area is 151 Å². The van der Waals surface area contributed by atoms with Gasteiger partial charge in [0.25, 0.3) is 0 Å². The molecule has 0 amide bonds. The van der Waals surface area contributed by atoms with Crippen molar-refractivity contribution in [3.8, 4) is 0 Å². The number of aryl methyl sites for hydroxylation is 4. The number of rotatable bonds is 7. The highest BCUT2D eigenvalue weighted by Crippen LogP contribution is 2.22. The second kappa shape index (κ2) is 7.68. The van der Waals surface area contributed by atoms with Crippen LogP contribution in [0.1, 0.15) is 35.6 Å². The van der Waals surface area contributed by atoms with Gasteiger partial charge in [-0.2, -0.15) is 0 Å². The molecule has 2 rings (SSSR count). The predicted octanol–water partition coefficient (Wildman–Crippen LogP) is 3.27. The minimum absolute atomic E-state index is 0.0189. The van der Waals surface area contributed by atoms with Crippen molar-refractivity contribution in [1.29, 1.82) is 0 Å². The van der Waals surface area contributed by atoms with Gasteiger partial charge in [0.15, 0.2) is 0 Å². The summed E-state index contributed by atoms with van der Waals surface area (Å²) in [7, 11) is -3.66. The van der Waals surface area contributed by atoms with Gasteiger partial charge in [-0.3, -0.25) is 0 Å². The van der Waals surface area contributed by atoms with Gasteiger partial charge >= 0.3 is 0 Å². The molecule has 0 saturated heterocycles. The molecule has 4 nitrogen and oxygen atoms in total. The summed E-state index contributed by atoms with van der Waals surface area (Å²) in [5.41, 5.74) is 2.47. The van der Waals surface area contributed by atoms with Crippen LogP contribution < -0.4 is 4.72 Å². The highest BCUT2D eigenvalue weighted by atomic mass is 32.2. The summed E-state index contributed by atoms with van der Waals surface area (Å²) in [5, 5.41) is 10.5. The van der Waals surface area contributed by atoms with Crippen molar-refractivity contribution in [2.75, 3.05) is 6.54 Å². The van der Waals surface area contributed by atoms with Crippen LogP contribution in [0.3, 0.4) is 0 Å². The quantitative estimate of drug-likeness (QED) is 0.795. The Kier molecular flexibility index (Phi) is 6.03. The molecule has 0 aromatic heterocycles. The van der Waals surface area contributed by atoms with Crippen LogP contribution in [0.5, 0.6) is 0 Å². The van der Waals surface area contributed by atoms with Crippen LogP contribution in [-0.4, -0.2) is 25.7 Å². The van der Waals surface area contributed by atoms with E-state index in [4.69, 9.17) is 0 Å². The summed E-state index contributed by atoms with van der Waals surface area (Å²) in [4.78, 5) is 0.303. The normalized spacial score (nSPS) is 14.3. The fraction of sp³-hybridized carbons (Fsp3) is 0.400. The third kappa shape index (κ3) is 5.39. The van der Waals surface area contributed by atoms with Crippen LogP contribution in [0.4, 0.5) is 0 Å². The van der Waals surface area contributed by atoms with E-state index in [2.05, 4.69) is 4.72 Å². The molecule has 0 aliphatic heterocycles. The highest BCUT2D eigenvalue weighted by molar-refractivity contribution is 7.89. The molecule has 0 saturated carbocycles. The molecule has 0 radical (unpaired) electrons. The maximum atomic E-state index is 12.7. The molecule has 2 N–H and O–H groups in total. The van der Waals surface area contributed by atoms with E-state index in [-0.39, 0.29) is 6.54 Å². The Morgan fingerprint density at radius 2 is 1.60 bits per heavy atom. The third-order valence-corrected chi connectivity index (χ3v) is 6.02. The molecular formula is C20H27NO3S. The van der Waals surface area contributed by atoms with E-state index in [0.29, 0.717) is 28.9 Å². The highest BCUT2D eigenvalue weighted by Gasteiger charge is 2.26. The summed E-state index contributed by atoms with van der Waals surface area (Å²) >= 11 is 0. The van der Waals surface area contributed by atoms with Crippen molar-refractivity contribution < 1.29 is 13.5 Å². The molecular weight excluding hydrogens is 334 g/mol. The lowest BCUT2D eigenvalue weighted by molar-refractivity contribution is 0.0565. The zero-order valence-electron chi connectivity index (χ0n) is 15.3. The second-order valence-electron chi connectivity index (χ2n) is 7.03. The lowest BCUT2D eigenvalue weighted by Gasteiger charge is -2.24. The average molecular weight is 362 g/mol. The fourth-order valence-electron chi connectivity index (χ4n) is 3.06. The third-order valence-electron chi connectivity index (χ3n) is 4.31. The van der Waals surface area contributed by atoms with Gasteiger partial charge in [-0.15, -0.1) is 0 Å². The summed E-state index contributed by atoms with van der Waals surface area (Å²) in [5.74, 6) is 0. The molecule has 136 valence electrons. The Bertz CT molecular complexity index is 804. The number of sulfonamides is 1. The van der Waals surface area contributed by atoms with Gasteiger partial charge in [-0.25, -0.2) is 13.1 Å². The molecule has 0 fully saturated rings. The average Bonchev–Trinajstić information content (AvgIpc) is 2.51. The van der Waals surface area contributed by atoms with Gasteiger partial charge in [0, 0.05) is 6.54 Å². The minimum Gasteiger partial charge on any atom is -0.389 e. The van der Waals surface area contributed by atoms with Crippen molar-refractivity contribution in [3.63, 3.8) is 0 Å². The lowest BCUT2D eigenvalue weighted by atomic mass is 9.97. The van der Waals surface area contributed by atoms with Crippen molar-refractivity contribution in [3.05, 3.63) is 64.7 Å². The van der Waals surface area contributed by atoms with Crippen molar-refractivity contribution in [2.24, 2.45) is 0 Å². The van der Waals surface area contributed by atoms with E-state index < -0.39 is 15.6 Å². The minimum atomic E-state index is -3.66. The van der Waals surface area contributed by atoms with Gasteiger partial charge in [0.2, 0.25) is 10.0 Å². The molecule has 2 aromatic carbocycles. The van der Waals surface area contributed by atoms with Crippen LogP contribution >= 0.6 is 0 Å². The Hall–Kier alpha value is -1.69. The molecule has 0 heterocycles. The Morgan fingerprint density at radius 1 is 1.04 bits per heavy atom. The second-order valence-corrected chi connectivity index (χ2v) is 8.74. The van der Waals surface area contributed by atoms with Crippen molar-refractivity contribution in [2.45, 2.75) is 51.0 Å². The van der Waals surface area contributed by atoms with E-state index in [1.165, 1.54) is 0 Å². The number of benzene rings is 2. The molecule has 25 heavy (non-hydrogen) atoms. The Balaban J connectivity index is 2.06. The SMILES string of the molecule is Cc1cc(C)c(S(=O)(=O)NCC(C)(O)CCc2ccccc2)c(C)c1. The lowest BCUT2D eigenvalue weighted by Crippen LogP contribution is -2.41. The van der Waals surface area contributed by atoms with E-state index in [9.17, 15) is 13.5 Å². The van der Waals surface area contributed by atoms with E-state index >= 15 is 0 Å².